The molecule has 0 aliphatic carbocycles. The van der Waals surface area contributed by atoms with Gasteiger partial charge in [0.1, 0.15) is 0 Å². The lowest BCUT2D eigenvalue weighted by molar-refractivity contribution is -0.208. The molecule has 1 unspecified atom stereocenters. The number of carbonyl (C=O) groups excluding carboxylic acids is 1. The van der Waals surface area contributed by atoms with Crippen LogP contribution in [-0.4, -0.2) is 52.2 Å². The van der Waals surface area contributed by atoms with Crippen LogP contribution in [0.5, 0.6) is 0 Å². The Morgan fingerprint density at radius 3 is 1.50 bits per heavy atom. The highest BCUT2D eigenvalue weighted by Gasteiger charge is 2.54. The smallest absolute Gasteiger partial charge is 0.245 e. The Morgan fingerprint density at radius 1 is 0.917 bits per heavy atom. The van der Waals surface area contributed by atoms with Gasteiger partial charge in [0.15, 0.2) is 36.1 Å². The van der Waals surface area contributed by atoms with Crippen LogP contribution in [0.25, 0.3) is 0 Å². The van der Waals surface area contributed by atoms with Gasteiger partial charge in [-0.05, 0) is 71.9 Å². The molecule has 0 saturated carbocycles. The van der Waals surface area contributed by atoms with Gasteiger partial charge in [0.2, 0.25) is 5.91 Å². The monoisotopic (exact) mass is 407 g/mol. The third-order valence-corrected chi connectivity index (χ3v) is 7.72. The molecule has 0 saturated heterocycles. The van der Waals surface area contributed by atoms with Crippen molar-refractivity contribution in [1.82, 2.24) is 5.32 Å². The van der Waals surface area contributed by atoms with Crippen LogP contribution in [0.3, 0.4) is 0 Å². The van der Waals surface area contributed by atoms with Gasteiger partial charge in [0.25, 0.3) is 0 Å². The summed E-state index contributed by atoms with van der Waals surface area (Å²) in [4.78, 5) is 12.1. The topological polar surface area (TPSA) is 56.8 Å². The third-order valence-electron chi connectivity index (χ3n) is 2.93. The summed E-state index contributed by atoms with van der Waals surface area (Å²) < 4.78 is 19.5. The molecule has 0 spiro atoms. The van der Waals surface area contributed by atoms with Gasteiger partial charge in [-0.3, -0.25) is 4.79 Å². The molecule has 0 aliphatic rings. The van der Waals surface area contributed by atoms with E-state index in [0.717, 1.165) is 0 Å². The van der Waals surface area contributed by atoms with E-state index in [0.29, 0.717) is 10.2 Å². The molecule has 0 aromatic heterocycles. The minimum Gasteiger partial charge on any atom is -0.395 e. The van der Waals surface area contributed by atoms with Crippen molar-refractivity contribution in [3.63, 3.8) is 0 Å². The minimum absolute atomic E-state index is 0.271. The molecule has 0 radical (unpaired) electrons. The predicted octanol–water partition coefficient (Wildman–Crippen LogP) is 2.58. The Bertz CT molecular complexity index is 450. The predicted molar refractivity (Wildman–Crippen MR) is 113 cm³/mol. The van der Waals surface area contributed by atoms with E-state index in [1.807, 2.05) is 6.92 Å². The summed E-state index contributed by atoms with van der Waals surface area (Å²) in [6.07, 6.45) is 1.27. The van der Waals surface area contributed by atoms with Crippen LogP contribution < -0.4 is 5.32 Å². The van der Waals surface area contributed by atoms with Crippen molar-refractivity contribution in [1.29, 1.82) is 0 Å². The van der Waals surface area contributed by atoms with E-state index >= 15 is 0 Å². The second-order valence-corrected chi connectivity index (χ2v) is 24.0. The Hall–Kier alpha value is -0.0425. The summed E-state index contributed by atoms with van der Waals surface area (Å²) in [6, 6.07) is 0. The van der Waals surface area contributed by atoms with Crippen molar-refractivity contribution < 1.29 is 18.1 Å². The first-order chi connectivity index (χ1) is 10.3. The summed E-state index contributed by atoms with van der Waals surface area (Å²) in [7, 11) is -5.37. The average Bonchev–Trinajstić information content (AvgIpc) is 2.20. The zero-order valence-corrected chi connectivity index (χ0v) is 22.4. The van der Waals surface area contributed by atoms with Gasteiger partial charge < -0.3 is 18.6 Å². The maximum atomic E-state index is 12.1. The van der Waals surface area contributed by atoms with Gasteiger partial charge in [-0.1, -0.05) is 6.58 Å². The van der Waals surface area contributed by atoms with Crippen molar-refractivity contribution in [2.45, 2.75) is 77.0 Å². The fraction of sp³-hybridized carbons (Fsp3) is 0.800. The molecular weight excluding hydrogens is 371 g/mol. The van der Waals surface area contributed by atoms with E-state index in [4.69, 9.17) is 13.3 Å². The highest BCUT2D eigenvalue weighted by Crippen LogP contribution is 2.35. The third kappa shape index (κ3) is 8.36. The van der Waals surface area contributed by atoms with Crippen LogP contribution in [0.4, 0.5) is 0 Å². The van der Waals surface area contributed by atoms with Crippen LogP contribution in [-0.2, 0) is 18.1 Å². The zero-order valence-electron chi connectivity index (χ0n) is 17.4. The number of hydrogen-bond donors (Lipinski definition) is 1. The molecule has 1 atom stereocenters. The van der Waals surface area contributed by atoms with Crippen molar-refractivity contribution in [3.05, 3.63) is 12.7 Å². The molecule has 9 heteroatoms. The van der Waals surface area contributed by atoms with E-state index in [1.165, 1.54) is 6.08 Å². The SMILES string of the molecule is C=CC(=O)NC([SiH3])(O[Si](C)(C)C)C(C)(O[Si](C)(C)C)O[Si](C)(C)C. The minimum atomic E-state index is -1.98. The molecule has 24 heavy (non-hydrogen) atoms. The standard InChI is InChI=1S/C15H37NO4Si4/c1-12-13(17)16-15(21,20-24(9,10)11)14(2,18-22(3,4)5)19-23(6,7)8/h12H,1H2,2-11,21H3,(H,16,17). The first kappa shape index (κ1) is 24.0. The summed E-state index contributed by atoms with van der Waals surface area (Å²) in [5.74, 6) is -1.29. The molecule has 0 rings (SSSR count). The first-order valence-electron chi connectivity index (χ1n) is 8.38. The molecule has 0 fully saturated rings. The molecule has 0 bridgehead atoms. The zero-order chi connectivity index (χ0) is 19.6. The van der Waals surface area contributed by atoms with Crippen molar-refractivity contribution in [2.75, 3.05) is 0 Å². The second-order valence-electron chi connectivity index (χ2n) is 9.32. The lowest BCUT2D eigenvalue weighted by Gasteiger charge is -2.53. The Kier molecular flexibility index (Phi) is 7.67. The van der Waals surface area contributed by atoms with Gasteiger partial charge in [0.05, 0.1) is 10.2 Å². The molecule has 1 amide bonds. The number of rotatable bonds is 9. The number of amides is 1. The van der Waals surface area contributed by atoms with Gasteiger partial charge in [-0.25, -0.2) is 0 Å². The van der Waals surface area contributed by atoms with Crippen LogP contribution >= 0.6 is 0 Å². The Labute approximate surface area is 154 Å². The summed E-state index contributed by atoms with van der Waals surface area (Å²) >= 11 is 0. The quantitative estimate of drug-likeness (QED) is 0.362. The lowest BCUT2D eigenvalue weighted by atomic mass is 10.2. The van der Waals surface area contributed by atoms with Gasteiger partial charge in [-0.15, -0.1) is 0 Å². The molecule has 0 aromatic rings. The number of carbonyl (C=O) groups is 1. The van der Waals surface area contributed by atoms with Crippen molar-refractivity contribution in [3.8, 4) is 0 Å². The Morgan fingerprint density at radius 2 is 1.25 bits per heavy atom. The van der Waals surface area contributed by atoms with Crippen molar-refractivity contribution >= 4 is 41.1 Å². The highest BCUT2D eigenvalue weighted by atomic mass is 28.4. The van der Waals surface area contributed by atoms with Crippen LogP contribution in [0.1, 0.15) is 6.92 Å². The fourth-order valence-corrected chi connectivity index (χ4v) is 9.56. The largest absolute Gasteiger partial charge is 0.395 e. The van der Waals surface area contributed by atoms with Gasteiger partial charge in [0, 0.05) is 0 Å². The summed E-state index contributed by atoms with van der Waals surface area (Å²) in [5.41, 5.74) is 0. The molecule has 0 aliphatic heterocycles. The number of nitrogens with one attached hydrogen (secondary N) is 1. The second kappa shape index (κ2) is 7.68. The highest BCUT2D eigenvalue weighted by molar-refractivity contribution is 6.71. The molecule has 142 valence electrons. The van der Waals surface area contributed by atoms with Crippen LogP contribution in [0, 0.1) is 0 Å². The lowest BCUT2D eigenvalue weighted by Crippen LogP contribution is -2.72. The summed E-state index contributed by atoms with van der Waals surface area (Å²) in [5, 5.41) is 2.03. The van der Waals surface area contributed by atoms with Crippen LogP contribution in [0.2, 0.25) is 58.9 Å². The van der Waals surface area contributed by atoms with Gasteiger partial charge in [-0.2, -0.15) is 0 Å². The Balaban J connectivity index is 6.13. The maximum absolute atomic E-state index is 12.1. The van der Waals surface area contributed by atoms with Gasteiger partial charge >= 0.3 is 0 Å². The molecule has 0 aromatic carbocycles. The molecule has 5 nitrogen and oxygen atoms in total. The fourth-order valence-electron chi connectivity index (χ4n) is 2.51. The normalized spacial score (nSPS) is 16.6. The van der Waals surface area contributed by atoms with Crippen molar-refractivity contribution in [2.24, 2.45) is 0 Å². The van der Waals surface area contributed by atoms with E-state index in [2.05, 4.69) is 70.8 Å². The van der Waals surface area contributed by atoms with Crippen LogP contribution in [0.15, 0.2) is 12.7 Å². The maximum Gasteiger partial charge on any atom is 0.245 e. The van der Waals surface area contributed by atoms with E-state index in [9.17, 15) is 4.79 Å². The summed E-state index contributed by atoms with van der Waals surface area (Å²) in [6.45, 7) is 24.5. The molecular formula is C15H37NO4Si4. The number of hydrogen-bond acceptors (Lipinski definition) is 4. The first-order valence-corrected chi connectivity index (χ1v) is 19.6. The van der Waals surface area contributed by atoms with E-state index < -0.39 is 36.1 Å². The molecule has 0 heterocycles. The van der Waals surface area contributed by atoms with E-state index in [-0.39, 0.29) is 5.91 Å². The van der Waals surface area contributed by atoms with E-state index in [1.54, 1.807) is 0 Å². The average molecular weight is 408 g/mol. The molecule has 1 N–H and O–H groups in total.